The fourth-order valence-corrected chi connectivity index (χ4v) is 3.78. The van der Waals surface area contributed by atoms with E-state index in [0.717, 1.165) is 31.5 Å². The van der Waals surface area contributed by atoms with Crippen molar-refractivity contribution >= 4 is 40.1 Å². The molecule has 0 radical (unpaired) electrons. The second kappa shape index (κ2) is 8.28. The Morgan fingerprint density at radius 1 is 1.10 bits per heavy atom. The Balaban J connectivity index is 1.67. The zero-order valence-electron chi connectivity index (χ0n) is 16.4. The SMILES string of the molecule is COC(=O)c1ccc(Cl)c(NC(=O)c2ccc3c(=O)n4c(nc3c2)CCCCC4)c1. The number of fused-ring (bicyclic) bond motifs is 2. The molecule has 154 valence electrons. The van der Waals surface area contributed by atoms with Gasteiger partial charge < -0.3 is 10.1 Å². The Morgan fingerprint density at radius 3 is 2.70 bits per heavy atom. The number of halogens is 1. The number of benzene rings is 2. The van der Waals surface area contributed by atoms with Crippen molar-refractivity contribution in [3.05, 3.63) is 68.7 Å². The molecule has 3 aromatic rings. The van der Waals surface area contributed by atoms with Crippen LogP contribution >= 0.6 is 11.6 Å². The molecular formula is C22H20ClN3O4. The molecule has 0 bridgehead atoms. The number of methoxy groups -OCH3 is 1. The normalized spacial score (nSPS) is 13.4. The van der Waals surface area contributed by atoms with Gasteiger partial charge in [0.25, 0.3) is 11.5 Å². The van der Waals surface area contributed by atoms with Crippen LogP contribution in [0.3, 0.4) is 0 Å². The maximum absolute atomic E-state index is 12.8. The zero-order valence-corrected chi connectivity index (χ0v) is 17.2. The summed E-state index contributed by atoms with van der Waals surface area (Å²) in [6, 6.07) is 9.31. The summed E-state index contributed by atoms with van der Waals surface area (Å²) in [5, 5.41) is 3.49. The number of nitrogens with one attached hydrogen (secondary N) is 1. The maximum Gasteiger partial charge on any atom is 0.337 e. The molecular weight excluding hydrogens is 406 g/mol. The molecule has 0 saturated heterocycles. The van der Waals surface area contributed by atoms with Gasteiger partial charge in [-0.1, -0.05) is 18.0 Å². The van der Waals surface area contributed by atoms with Crippen LogP contribution in [0.15, 0.2) is 41.2 Å². The summed E-state index contributed by atoms with van der Waals surface area (Å²) in [6.07, 6.45) is 3.77. The highest BCUT2D eigenvalue weighted by Crippen LogP contribution is 2.24. The monoisotopic (exact) mass is 425 g/mol. The quantitative estimate of drug-likeness (QED) is 0.644. The number of esters is 1. The van der Waals surface area contributed by atoms with E-state index >= 15 is 0 Å². The number of rotatable bonds is 3. The molecule has 1 N–H and O–H groups in total. The first-order chi connectivity index (χ1) is 14.5. The molecule has 7 nitrogen and oxygen atoms in total. The second-order valence-electron chi connectivity index (χ2n) is 7.17. The standard InChI is InChI=1S/C22H20ClN3O4/c1-30-22(29)14-7-9-16(23)18(12-14)25-20(27)13-6-8-15-17(11-13)24-19-5-3-2-4-10-26(19)21(15)28/h6-9,11-12H,2-5,10H2,1H3,(H,25,27). The minimum absolute atomic E-state index is 0.0716. The van der Waals surface area contributed by atoms with Crippen LogP contribution in [0.25, 0.3) is 10.9 Å². The number of hydrogen-bond donors (Lipinski definition) is 1. The van der Waals surface area contributed by atoms with E-state index in [1.807, 2.05) is 0 Å². The van der Waals surface area contributed by atoms with Gasteiger partial charge in [0.2, 0.25) is 0 Å². The smallest absolute Gasteiger partial charge is 0.337 e. The van der Waals surface area contributed by atoms with Crippen molar-refractivity contribution in [2.75, 3.05) is 12.4 Å². The molecule has 0 aliphatic carbocycles. The van der Waals surface area contributed by atoms with Gasteiger partial charge in [0.05, 0.1) is 34.3 Å². The lowest BCUT2D eigenvalue weighted by atomic mass is 10.1. The Morgan fingerprint density at radius 2 is 1.90 bits per heavy atom. The molecule has 0 spiro atoms. The van der Waals surface area contributed by atoms with Crippen LogP contribution in [0, 0.1) is 0 Å². The molecule has 1 aromatic heterocycles. The van der Waals surface area contributed by atoms with Gasteiger partial charge in [-0.3, -0.25) is 14.2 Å². The fraction of sp³-hybridized carbons (Fsp3) is 0.273. The van der Waals surface area contributed by atoms with Crippen molar-refractivity contribution in [2.45, 2.75) is 32.2 Å². The molecule has 2 heterocycles. The first kappa shape index (κ1) is 20.1. The van der Waals surface area contributed by atoms with Gasteiger partial charge in [0.1, 0.15) is 5.82 Å². The number of carbonyl (C=O) groups excluding carboxylic acids is 2. The van der Waals surface area contributed by atoms with Crippen LogP contribution in [0.4, 0.5) is 5.69 Å². The highest BCUT2D eigenvalue weighted by atomic mass is 35.5. The number of ether oxygens (including phenoxy) is 1. The average molecular weight is 426 g/mol. The molecule has 2 aromatic carbocycles. The van der Waals surface area contributed by atoms with E-state index in [9.17, 15) is 14.4 Å². The van der Waals surface area contributed by atoms with E-state index in [0.29, 0.717) is 33.7 Å². The van der Waals surface area contributed by atoms with Crippen LogP contribution in [-0.4, -0.2) is 28.5 Å². The summed E-state index contributed by atoms with van der Waals surface area (Å²) in [5.41, 5.74) is 1.33. The number of nitrogens with zero attached hydrogens (tertiary/aromatic N) is 2. The molecule has 0 unspecified atom stereocenters. The molecule has 1 aliphatic rings. The Bertz CT molecular complexity index is 1220. The second-order valence-corrected chi connectivity index (χ2v) is 7.57. The number of hydrogen-bond acceptors (Lipinski definition) is 5. The first-order valence-corrected chi connectivity index (χ1v) is 10.1. The van der Waals surface area contributed by atoms with Crippen molar-refractivity contribution in [3.8, 4) is 0 Å². The topological polar surface area (TPSA) is 90.3 Å². The summed E-state index contributed by atoms with van der Waals surface area (Å²) in [4.78, 5) is 42.0. The largest absolute Gasteiger partial charge is 0.465 e. The third-order valence-corrected chi connectivity index (χ3v) is 5.54. The molecule has 0 atom stereocenters. The van der Waals surface area contributed by atoms with Gasteiger partial charge in [0, 0.05) is 18.5 Å². The van der Waals surface area contributed by atoms with E-state index in [2.05, 4.69) is 10.3 Å². The van der Waals surface area contributed by atoms with Gasteiger partial charge in [0.15, 0.2) is 0 Å². The molecule has 30 heavy (non-hydrogen) atoms. The molecule has 1 amide bonds. The fourth-order valence-electron chi connectivity index (χ4n) is 3.62. The van der Waals surface area contributed by atoms with E-state index in [1.165, 1.54) is 25.3 Å². The van der Waals surface area contributed by atoms with Crippen molar-refractivity contribution in [1.82, 2.24) is 9.55 Å². The molecule has 1 aliphatic heterocycles. The van der Waals surface area contributed by atoms with Gasteiger partial charge in [-0.25, -0.2) is 9.78 Å². The number of amides is 1. The predicted molar refractivity (Wildman–Crippen MR) is 114 cm³/mol. The van der Waals surface area contributed by atoms with Gasteiger partial charge in [-0.15, -0.1) is 0 Å². The van der Waals surface area contributed by atoms with E-state index < -0.39 is 11.9 Å². The van der Waals surface area contributed by atoms with E-state index in [1.54, 1.807) is 22.8 Å². The number of carbonyl (C=O) groups is 2. The number of aryl methyl sites for hydroxylation is 1. The predicted octanol–water partition coefficient (Wildman–Crippen LogP) is 3.82. The average Bonchev–Trinajstić information content (AvgIpc) is 3.00. The molecule has 8 heteroatoms. The van der Waals surface area contributed by atoms with Crippen LogP contribution in [0.2, 0.25) is 5.02 Å². The zero-order chi connectivity index (χ0) is 21.3. The van der Waals surface area contributed by atoms with E-state index in [-0.39, 0.29) is 11.1 Å². The minimum Gasteiger partial charge on any atom is -0.465 e. The Kier molecular flexibility index (Phi) is 5.55. The van der Waals surface area contributed by atoms with Crippen LogP contribution in [0.1, 0.15) is 45.8 Å². The number of anilines is 1. The van der Waals surface area contributed by atoms with Crippen LogP contribution < -0.4 is 10.9 Å². The lowest BCUT2D eigenvalue weighted by molar-refractivity contribution is 0.0600. The van der Waals surface area contributed by atoms with Crippen molar-refractivity contribution in [3.63, 3.8) is 0 Å². The summed E-state index contributed by atoms with van der Waals surface area (Å²) in [7, 11) is 1.28. The van der Waals surface area contributed by atoms with Crippen molar-refractivity contribution in [2.24, 2.45) is 0 Å². The van der Waals surface area contributed by atoms with Gasteiger partial charge in [-0.05, 0) is 49.2 Å². The summed E-state index contributed by atoms with van der Waals surface area (Å²) in [5.74, 6) is -0.188. The van der Waals surface area contributed by atoms with Crippen molar-refractivity contribution in [1.29, 1.82) is 0 Å². The number of aromatic nitrogens is 2. The lowest BCUT2D eigenvalue weighted by Gasteiger charge is -2.12. The summed E-state index contributed by atoms with van der Waals surface area (Å²) in [6.45, 7) is 0.675. The van der Waals surface area contributed by atoms with Crippen molar-refractivity contribution < 1.29 is 14.3 Å². The summed E-state index contributed by atoms with van der Waals surface area (Å²) >= 11 is 6.16. The van der Waals surface area contributed by atoms with Gasteiger partial charge in [-0.2, -0.15) is 0 Å². The van der Waals surface area contributed by atoms with E-state index in [4.69, 9.17) is 16.3 Å². The third-order valence-electron chi connectivity index (χ3n) is 5.21. The van der Waals surface area contributed by atoms with Crippen LogP contribution in [0.5, 0.6) is 0 Å². The minimum atomic E-state index is -0.529. The summed E-state index contributed by atoms with van der Waals surface area (Å²) < 4.78 is 6.44. The maximum atomic E-state index is 12.8. The Hall–Kier alpha value is -3.19. The molecule has 0 saturated carbocycles. The highest BCUT2D eigenvalue weighted by molar-refractivity contribution is 6.34. The van der Waals surface area contributed by atoms with Gasteiger partial charge >= 0.3 is 5.97 Å². The third kappa shape index (κ3) is 3.80. The molecule has 4 rings (SSSR count). The van der Waals surface area contributed by atoms with Crippen LogP contribution in [-0.2, 0) is 17.7 Å². The highest BCUT2D eigenvalue weighted by Gasteiger charge is 2.16. The molecule has 0 fully saturated rings. The lowest BCUT2D eigenvalue weighted by Crippen LogP contribution is -2.24. The first-order valence-electron chi connectivity index (χ1n) is 9.70. The Labute approximate surface area is 177 Å².